The summed E-state index contributed by atoms with van der Waals surface area (Å²) in [4.78, 5) is 4.01. The first-order valence-electron chi connectivity index (χ1n) is 4.01. The quantitative estimate of drug-likeness (QED) is 0.687. The minimum absolute atomic E-state index is 0.318. The SMILES string of the molecule is NCCc1ncnn1CCCF. The second-order valence-electron chi connectivity index (χ2n) is 2.48. The molecule has 2 N–H and O–H groups in total. The molecule has 1 aromatic rings. The lowest BCUT2D eigenvalue weighted by molar-refractivity contribution is 0.429. The third-order valence-electron chi connectivity index (χ3n) is 1.57. The van der Waals surface area contributed by atoms with Crippen molar-refractivity contribution in [2.24, 2.45) is 5.73 Å². The molecule has 0 aromatic carbocycles. The Morgan fingerprint density at radius 2 is 2.42 bits per heavy atom. The van der Waals surface area contributed by atoms with E-state index in [1.54, 1.807) is 4.68 Å². The van der Waals surface area contributed by atoms with E-state index in [-0.39, 0.29) is 6.67 Å². The molecule has 12 heavy (non-hydrogen) atoms. The molecule has 0 saturated heterocycles. The van der Waals surface area contributed by atoms with E-state index >= 15 is 0 Å². The lowest BCUT2D eigenvalue weighted by Gasteiger charge is -2.02. The van der Waals surface area contributed by atoms with Gasteiger partial charge in [0.25, 0.3) is 0 Å². The Kier molecular flexibility index (Phi) is 3.66. The molecule has 0 aliphatic heterocycles. The highest BCUT2D eigenvalue weighted by Gasteiger charge is 2.01. The summed E-state index contributed by atoms with van der Waals surface area (Å²) in [5, 5.41) is 3.96. The fraction of sp³-hybridized carbons (Fsp3) is 0.714. The zero-order valence-corrected chi connectivity index (χ0v) is 6.91. The number of rotatable bonds is 5. The predicted octanol–water partition coefficient (Wildman–Crippen LogP) is 0.139. The van der Waals surface area contributed by atoms with Gasteiger partial charge in [-0.3, -0.25) is 4.39 Å². The van der Waals surface area contributed by atoms with E-state index in [1.165, 1.54) is 6.33 Å². The second-order valence-corrected chi connectivity index (χ2v) is 2.48. The number of nitrogens with two attached hydrogens (primary N) is 1. The van der Waals surface area contributed by atoms with Crippen LogP contribution < -0.4 is 5.73 Å². The van der Waals surface area contributed by atoms with E-state index in [4.69, 9.17) is 5.73 Å². The maximum absolute atomic E-state index is 11.8. The number of hydrogen-bond donors (Lipinski definition) is 1. The number of aryl methyl sites for hydroxylation is 1. The third-order valence-corrected chi connectivity index (χ3v) is 1.57. The molecule has 4 nitrogen and oxygen atoms in total. The summed E-state index contributed by atoms with van der Waals surface area (Å²) in [6.45, 7) is 0.822. The van der Waals surface area contributed by atoms with Gasteiger partial charge in [0.2, 0.25) is 0 Å². The van der Waals surface area contributed by atoms with Gasteiger partial charge in [0.1, 0.15) is 12.2 Å². The van der Waals surface area contributed by atoms with Gasteiger partial charge in [0.15, 0.2) is 0 Å². The molecule has 0 aliphatic carbocycles. The fourth-order valence-corrected chi connectivity index (χ4v) is 1.01. The molecule has 0 saturated carbocycles. The van der Waals surface area contributed by atoms with Crippen molar-refractivity contribution in [3.63, 3.8) is 0 Å². The zero-order chi connectivity index (χ0) is 8.81. The van der Waals surface area contributed by atoms with E-state index in [2.05, 4.69) is 10.1 Å². The second kappa shape index (κ2) is 4.82. The van der Waals surface area contributed by atoms with Crippen LogP contribution in [0.5, 0.6) is 0 Å². The summed E-state index contributed by atoms with van der Waals surface area (Å²) >= 11 is 0. The number of halogens is 1. The monoisotopic (exact) mass is 172 g/mol. The van der Waals surface area contributed by atoms with Crippen LogP contribution >= 0.6 is 0 Å². The minimum atomic E-state index is -0.318. The van der Waals surface area contributed by atoms with Crippen molar-refractivity contribution in [2.75, 3.05) is 13.2 Å². The third kappa shape index (κ3) is 2.27. The van der Waals surface area contributed by atoms with Crippen LogP contribution in [0.3, 0.4) is 0 Å². The van der Waals surface area contributed by atoms with Crippen LogP contribution in [0.4, 0.5) is 4.39 Å². The van der Waals surface area contributed by atoms with Crippen molar-refractivity contribution in [3.8, 4) is 0 Å². The number of hydrogen-bond acceptors (Lipinski definition) is 3. The van der Waals surface area contributed by atoms with E-state index in [0.29, 0.717) is 25.9 Å². The Labute approximate surface area is 70.6 Å². The van der Waals surface area contributed by atoms with Crippen LogP contribution in [-0.2, 0) is 13.0 Å². The van der Waals surface area contributed by atoms with Gasteiger partial charge >= 0.3 is 0 Å². The van der Waals surface area contributed by atoms with Crippen LogP contribution in [-0.4, -0.2) is 28.0 Å². The molecular weight excluding hydrogens is 159 g/mol. The smallest absolute Gasteiger partial charge is 0.138 e. The first kappa shape index (κ1) is 9.12. The molecule has 0 radical (unpaired) electrons. The summed E-state index contributed by atoms with van der Waals surface area (Å²) in [5.41, 5.74) is 5.36. The number of nitrogens with zero attached hydrogens (tertiary/aromatic N) is 3. The molecule has 68 valence electrons. The molecule has 0 bridgehead atoms. The molecule has 0 amide bonds. The van der Waals surface area contributed by atoms with Crippen molar-refractivity contribution in [1.29, 1.82) is 0 Å². The van der Waals surface area contributed by atoms with Crippen molar-refractivity contribution >= 4 is 0 Å². The molecule has 0 atom stereocenters. The highest BCUT2D eigenvalue weighted by atomic mass is 19.1. The minimum Gasteiger partial charge on any atom is -0.330 e. The first-order chi connectivity index (χ1) is 5.88. The van der Waals surface area contributed by atoms with Gasteiger partial charge in [-0.1, -0.05) is 0 Å². The lowest BCUT2D eigenvalue weighted by atomic mass is 10.4. The molecule has 1 aromatic heterocycles. The molecule has 5 heteroatoms. The fourth-order valence-electron chi connectivity index (χ4n) is 1.01. The normalized spacial score (nSPS) is 10.5. The summed E-state index contributed by atoms with van der Waals surface area (Å²) < 4.78 is 13.5. The first-order valence-corrected chi connectivity index (χ1v) is 4.01. The summed E-state index contributed by atoms with van der Waals surface area (Å²) in [6.07, 6.45) is 2.66. The van der Waals surface area contributed by atoms with E-state index in [0.717, 1.165) is 5.82 Å². The zero-order valence-electron chi connectivity index (χ0n) is 6.91. The largest absolute Gasteiger partial charge is 0.330 e. The predicted molar refractivity (Wildman–Crippen MR) is 43.4 cm³/mol. The van der Waals surface area contributed by atoms with Crippen molar-refractivity contribution < 1.29 is 4.39 Å². The molecule has 0 unspecified atom stereocenters. The van der Waals surface area contributed by atoms with Crippen molar-refractivity contribution in [1.82, 2.24) is 14.8 Å². The average molecular weight is 172 g/mol. The van der Waals surface area contributed by atoms with Crippen LogP contribution in [0.1, 0.15) is 12.2 Å². The standard InChI is InChI=1S/C7H13FN4/c8-3-1-5-12-7(2-4-9)10-6-11-12/h6H,1-5,9H2. The number of aromatic nitrogens is 3. The van der Waals surface area contributed by atoms with E-state index < -0.39 is 0 Å². The number of alkyl halides is 1. The van der Waals surface area contributed by atoms with Gasteiger partial charge in [0, 0.05) is 13.0 Å². The van der Waals surface area contributed by atoms with Gasteiger partial charge in [-0.25, -0.2) is 9.67 Å². The summed E-state index contributed by atoms with van der Waals surface area (Å²) in [6, 6.07) is 0. The van der Waals surface area contributed by atoms with E-state index in [9.17, 15) is 4.39 Å². The van der Waals surface area contributed by atoms with Gasteiger partial charge < -0.3 is 5.73 Å². The molecule has 1 rings (SSSR count). The Bertz CT molecular complexity index is 223. The van der Waals surface area contributed by atoms with Gasteiger partial charge in [-0.05, 0) is 13.0 Å². The summed E-state index contributed by atoms with van der Waals surface area (Å²) in [7, 11) is 0. The Balaban J connectivity index is 2.51. The Morgan fingerprint density at radius 1 is 1.58 bits per heavy atom. The Hall–Kier alpha value is -0.970. The molecular formula is C7H13FN4. The maximum atomic E-state index is 11.8. The van der Waals surface area contributed by atoms with Crippen LogP contribution in [0.2, 0.25) is 0 Å². The van der Waals surface area contributed by atoms with Gasteiger partial charge in [-0.15, -0.1) is 0 Å². The Morgan fingerprint density at radius 3 is 3.08 bits per heavy atom. The molecule has 0 aliphatic rings. The van der Waals surface area contributed by atoms with Crippen molar-refractivity contribution in [2.45, 2.75) is 19.4 Å². The maximum Gasteiger partial charge on any atom is 0.138 e. The van der Waals surface area contributed by atoms with E-state index in [1.807, 2.05) is 0 Å². The average Bonchev–Trinajstić information content (AvgIpc) is 2.50. The topological polar surface area (TPSA) is 56.7 Å². The molecule has 1 heterocycles. The van der Waals surface area contributed by atoms with Gasteiger partial charge in [-0.2, -0.15) is 5.10 Å². The van der Waals surface area contributed by atoms with Crippen LogP contribution in [0.15, 0.2) is 6.33 Å². The van der Waals surface area contributed by atoms with Gasteiger partial charge in [0.05, 0.1) is 6.67 Å². The molecule has 0 fully saturated rings. The van der Waals surface area contributed by atoms with Crippen LogP contribution in [0, 0.1) is 0 Å². The highest BCUT2D eigenvalue weighted by Crippen LogP contribution is 1.96. The van der Waals surface area contributed by atoms with Crippen LogP contribution in [0.25, 0.3) is 0 Å². The molecule has 0 spiro atoms. The van der Waals surface area contributed by atoms with Crippen molar-refractivity contribution in [3.05, 3.63) is 12.2 Å². The lowest BCUT2D eigenvalue weighted by Crippen LogP contribution is -2.11. The highest BCUT2D eigenvalue weighted by molar-refractivity contribution is 4.84. The summed E-state index contributed by atoms with van der Waals surface area (Å²) in [5.74, 6) is 0.839.